The van der Waals surface area contributed by atoms with Gasteiger partial charge in [-0.2, -0.15) is 0 Å². The molecule has 0 saturated heterocycles. The highest BCUT2D eigenvalue weighted by Gasteiger charge is 2.13. The molecule has 1 aromatic carbocycles. The molecule has 114 valence electrons. The van der Waals surface area contributed by atoms with Crippen molar-refractivity contribution in [2.75, 3.05) is 5.32 Å². The summed E-state index contributed by atoms with van der Waals surface area (Å²) < 4.78 is 0. The molecule has 2 N–H and O–H groups in total. The molecule has 0 aliphatic rings. The Kier molecular flexibility index (Phi) is 3.98. The molecule has 0 spiro atoms. The zero-order valence-electron chi connectivity index (χ0n) is 12.9. The Bertz CT molecular complexity index is 811. The van der Waals surface area contributed by atoms with Crippen LogP contribution >= 0.6 is 11.3 Å². The topological polar surface area (TPSA) is 58.0 Å². The van der Waals surface area contributed by atoms with E-state index in [4.69, 9.17) is 0 Å². The zero-order chi connectivity index (χ0) is 15.7. The van der Waals surface area contributed by atoms with Gasteiger partial charge in [-0.1, -0.05) is 26.8 Å². The molecule has 4 nitrogen and oxygen atoms in total. The lowest BCUT2D eigenvalue weighted by atomic mass is 10.2. The smallest absolute Gasteiger partial charge is 0.142 e. The fourth-order valence-electron chi connectivity index (χ4n) is 2.24. The van der Waals surface area contributed by atoms with Gasteiger partial charge in [0.25, 0.3) is 0 Å². The lowest BCUT2D eigenvalue weighted by molar-refractivity contribution is 0.475. The van der Waals surface area contributed by atoms with E-state index in [9.17, 15) is 5.11 Å². The SMILES string of the molecule is CCc1cc2c(Nc3cccc(O)c3)nc(C(C)C)nc2s1. The first-order valence-electron chi connectivity index (χ1n) is 7.43. The molecule has 0 amide bonds. The molecule has 5 heteroatoms. The molecule has 0 saturated carbocycles. The summed E-state index contributed by atoms with van der Waals surface area (Å²) in [7, 11) is 0. The van der Waals surface area contributed by atoms with Crippen LogP contribution in [0.4, 0.5) is 11.5 Å². The van der Waals surface area contributed by atoms with Gasteiger partial charge in [-0.3, -0.25) is 0 Å². The highest BCUT2D eigenvalue weighted by Crippen LogP contribution is 2.32. The van der Waals surface area contributed by atoms with Gasteiger partial charge < -0.3 is 10.4 Å². The van der Waals surface area contributed by atoms with Crippen molar-refractivity contribution >= 4 is 33.1 Å². The Hall–Kier alpha value is -2.14. The standard InChI is InChI=1S/C17H19N3OS/c1-4-13-9-14-16(18-11-6-5-7-12(21)8-11)19-15(10(2)3)20-17(14)22-13/h5-10,21H,4H2,1-3H3,(H,18,19,20). The zero-order valence-corrected chi connectivity index (χ0v) is 13.7. The fourth-order valence-corrected chi connectivity index (χ4v) is 3.21. The maximum absolute atomic E-state index is 9.62. The van der Waals surface area contributed by atoms with E-state index in [0.717, 1.165) is 34.0 Å². The Labute approximate surface area is 133 Å². The number of phenolic OH excluding ortho intramolecular Hbond substituents is 1. The molecule has 0 unspecified atom stereocenters. The summed E-state index contributed by atoms with van der Waals surface area (Å²) in [5.41, 5.74) is 0.818. The van der Waals surface area contributed by atoms with Crippen LogP contribution in [0.25, 0.3) is 10.2 Å². The van der Waals surface area contributed by atoms with Gasteiger partial charge in [0.2, 0.25) is 0 Å². The number of anilines is 2. The first kappa shape index (κ1) is 14.8. The Balaban J connectivity index is 2.11. The molecular weight excluding hydrogens is 294 g/mol. The lowest BCUT2D eigenvalue weighted by Crippen LogP contribution is -2.02. The van der Waals surface area contributed by atoms with Crippen LogP contribution < -0.4 is 5.32 Å². The van der Waals surface area contributed by atoms with Crippen LogP contribution in [-0.4, -0.2) is 15.1 Å². The van der Waals surface area contributed by atoms with E-state index in [-0.39, 0.29) is 11.7 Å². The Morgan fingerprint density at radius 2 is 2.05 bits per heavy atom. The highest BCUT2D eigenvalue weighted by molar-refractivity contribution is 7.18. The molecule has 0 fully saturated rings. The third-order valence-corrected chi connectivity index (χ3v) is 4.61. The van der Waals surface area contributed by atoms with Crippen molar-refractivity contribution in [2.24, 2.45) is 0 Å². The van der Waals surface area contributed by atoms with Gasteiger partial charge in [-0.25, -0.2) is 9.97 Å². The minimum atomic E-state index is 0.235. The second kappa shape index (κ2) is 5.93. The van der Waals surface area contributed by atoms with Gasteiger partial charge >= 0.3 is 0 Å². The van der Waals surface area contributed by atoms with E-state index < -0.39 is 0 Å². The average Bonchev–Trinajstić information content (AvgIpc) is 2.90. The number of fused-ring (bicyclic) bond motifs is 1. The average molecular weight is 313 g/mol. The molecule has 0 atom stereocenters. The van der Waals surface area contributed by atoms with Gasteiger partial charge in [-0.05, 0) is 24.6 Å². The van der Waals surface area contributed by atoms with Crippen LogP contribution in [0.2, 0.25) is 0 Å². The number of aryl methyl sites for hydroxylation is 1. The van der Waals surface area contributed by atoms with E-state index in [0.29, 0.717) is 0 Å². The van der Waals surface area contributed by atoms with Crippen LogP contribution in [0.1, 0.15) is 37.4 Å². The summed E-state index contributed by atoms with van der Waals surface area (Å²) in [5, 5.41) is 14.0. The van der Waals surface area contributed by atoms with Crippen molar-refractivity contribution in [3.63, 3.8) is 0 Å². The van der Waals surface area contributed by atoms with E-state index in [2.05, 4.69) is 42.1 Å². The first-order chi connectivity index (χ1) is 10.6. The summed E-state index contributed by atoms with van der Waals surface area (Å²) in [6.45, 7) is 6.32. The number of thiophene rings is 1. The molecule has 2 heterocycles. The Morgan fingerprint density at radius 1 is 1.23 bits per heavy atom. The second-order valence-corrected chi connectivity index (χ2v) is 6.66. The number of rotatable bonds is 4. The maximum atomic E-state index is 9.62. The van der Waals surface area contributed by atoms with Gasteiger partial charge in [0.1, 0.15) is 22.2 Å². The van der Waals surface area contributed by atoms with Crippen LogP contribution in [0.15, 0.2) is 30.3 Å². The summed E-state index contributed by atoms with van der Waals surface area (Å²) in [5.74, 6) is 2.13. The molecule has 0 radical (unpaired) electrons. The summed E-state index contributed by atoms with van der Waals surface area (Å²) in [6, 6.07) is 9.21. The molecule has 0 bridgehead atoms. The van der Waals surface area contributed by atoms with E-state index >= 15 is 0 Å². The number of nitrogens with zero attached hydrogens (tertiary/aromatic N) is 2. The third-order valence-electron chi connectivity index (χ3n) is 3.43. The van der Waals surface area contributed by atoms with Crippen molar-refractivity contribution in [1.82, 2.24) is 9.97 Å². The minimum Gasteiger partial charge on any atom is -0.508 e. The number of hydrogen-bond acceptors (Lipinski definition) is 5. The molecule has 3 aromatic rings. The number of benzene rings is 1. The molecule has 2 aromatic heterocycles. The molecule has 0 aliphatic heterocycles. The van der Waals surface area contributed by atoms with Gasteiger partial charge in [-0.15, -0.1) is 11.3 Å². The highest BCUT2D eigenvalue weighted by atomic mass is 32.1. The normalized spacial score (nSPS) is 11.3. The van der Waals surface area contributed by atoms with Crippen LogP contribution in [0.3, 0.4) is 0 Å². The minimum absolute atomic E-state index is 0.235. The predicted octanol–water partition coefficient (Wildman–Crippen LogP) is 4.83. The van der Waals surface area contributed by atoms with Crippen LogP contribution in [0.5, 0.6) is 5.75 Å². The van der Waals surface area contributed by atoms with Crippen molar-refractivity contribution in [2.45, 2.75) is 33.1 Å². The van der Waals surface area contributed by atoms with Crippen molar-refractivity contribution < 1.29 is 5.11 Å². The fraction of sp³-hybridized carbons (Fsp3) is 0.294. The second-order valence-electron chi connectivity index (χ2n) is 5.55. The van der Waals surface area contributed by atoms with Gasteiger partial charge in [0, 0.05) is 22.5 Å². The van der Waals surface area contributed by atoms with Gasteiger partial charge in [0.05, 0.1) is 5.39 Å². The quantitative estimate of drug-likeness (QED) is 0.724. The summed E-state index contributed by atoms with van der Waals surface area (Å²) in [4.78, 5) is 11.7. The van der Waals surface area contributed by atoms with E-state index in [1.807, 2.05) is 12.1 Å². The monoisotopic (exact) mass is 313 g/mol. The summed E-state index contributed by atoms with van der Waals surface area (Å²) in [6.07, 6.45) is 0.990. The van der Waals surface area contributed by atoms with Crippen molar-refractivity contribution in [3.05, 3.63) is 41.0 Å². The summed E-state index contributed by atoms with van der Waals surface area (Å²) >= 11 is 1.72. The van der Waals surface area contributed by atoms with E-state index in [1.165, 1.54) is 4.88 Å². The van der Waals surface area contributed by atoms with Crippen LogP contribution in [0, 0.1) is 0 Å². The number of nitrogens with one attached hydrogen (secondary N) is 1. The Morgan fingerprint density at radius 3 is 2.73 bits per heavy atom. The van der Waals surface area contributed by atoms with Crippen molar-refractivity contribution in [3.8, 4) is 5.75 Å². The number of aromatic nitrogens is 2. The maximum Gasteiger partial charge on any atom is 0.142 e. The number of hydrogen-bond donors (Lipinski definition) is 2. The molecular formula is C17H19N3OS. The molecule has 22 heavy (non-hydrogen) atoms. The number of phenols is 1. The first-order valence-corrected chi connectivity index (χ1v) is 8.25. The third kappa shape index (κ3) is 2.90. The van der Waals surface area contributed by atoms with Crippen LogP contribution in [-0.2, 0) is 6.42 Å². The number of aromatic hydroxyl groups is 1. The molecule has 3 rings (SSSR count). The van der Waals surface area contributed by atoms with Gasteiger partial charge in [0.15, 0.2) is 0 Å². The van der Waals surface area contributed by atoms with E-state index in [1.54, 1.807) is 23.5 Å². The molecule has 0 aliphatic carbocycles. The largest absolute Gasteiger partial charge is 0.508 e. The predicted molar refractivity (Wildman–Crippen MR) is 92.3 cm³/mol. The lowest BCUT2D eigenvalue weighted by Gasteiger charge is -2.10. The van der Waals surface area contributed by atoms with Crippen molar-refractivity contribution in [1.29, 1.82) is 0 Å².